The van der Waals surface area contributed by atoms with Crippen LogP contribution in [-0.4, -0.2) is 16.5 Å². The summed E-state index contributed by atoms with van der Waals surface area (Å²) in [5.74, 6) is 0.0842. The third-order valence-corrected chi connectivity index (χ3v) is 2.14. The second kappa shape index (κ2) is 5.03. The maximum absolute atomic E-state index is 13.0. The molecule has 1 heterocycles. The van der Waals surface area contributed by atoms with Crippen LogP contribution in [0.3, 0.4) is 0 Å². The fraction of sp³-hybridized carbons (Fsp3) is 0.0833. The largest absolute Gasteiger partial charge is 0.341 e. The summed E-state index contributed by atoms with van der Waals surface area (Å²) in [5.41, 5.74) is 1.45. The van der Waals surface area contributed by atoms with E-state index in [0.29, 0.717) is 5.95 Å². The van der Waals surface area contributed by atoms with Crippen molar-refractivity contribution < 1.29 is 4.39 Å². The number of nitrogens with one attached hydrogen (secondary N) is 1. The molecule has 0 spiro atoms. The number of halogens is 1. The molecule has 0 saturated carbocycles. The lowest BCUT2D eigenvalue weighted by Gasteiger charge is -2.03. The van der Waals surface area contributed by atoms with Crippen molar-refractivity contribution in [2.75, 3.05) is 11.9 Å². The van der Waals surface area contributed by atoms with Crippen LogP contribution in [0.5, 0.6) is 0 Å². The molecule has 0 fully saturated rings. The van der Waals surface area contributed by atoms with Crippen molar-refractivity contribution in [2.24, 2.45) is 0 Å². The smallest absolute Gasteiger partial charge is 0.223 e. The van der Waals surface area contributed by atoms with Crippen LogP contribution in [0.2, 0.25) is 0 Å². The lowest BCUT2D eigenvalue weighted by Crippen LogP contribution is -2.02. The van der Waals surface area contributed by atoms with Crippen molar-refractivity contribution in [2.45, 2.75) is 0 Å². The molecular weight excluding hydrogens is 219 g/mol. The molecule has 0 aliphatic carbocycles. The number of rotatable bonds is 3. The van der Waals surface area contributed by atoms with Crippen LogP contribution in [0.25, 0.3) is 11.1 Å². The van der Waals surface area contributed by atoms with Crippen molar-refractivity contribution in [3.8, 4) is 17.2 Å². The molecule has 0 amide bonds. The molecule has 0 unspecified atom stereocenters. The molecule has 0 atom stereocenters. The molecular formula is C12H9FN4. The van der Waals surface area contributed by atoms with Crippen LogP contribution < -0.4 is 5.32 Å². The molecule has 0 saturated heterocycles. The van der Waals surface area contributed by atoms with E-state index in [-0.39, 0.29) is 12.4 Å². The van der Waals surface area contributed by atoms with E-state index >= 15 is 0 Å². The Labute approximate surface area is 97.8 Å². The first-order valence-corrected chi connectivity index (χ1v) is 4.98. The normalized spacial score (nSPS) is 9.65. The van der Waals surface area contributed by atoms with Gasteiger partial charge in [0.15, 0.2) is 0 Å². The highest BCUT2D eigenvalue weighted by Crippen LogP contribution is 2.18. The molecule has 1 aromatic carbocycles. The highest BCUT2D eigenvalue weighted by molar-refractivity contribution is 5.61. The van der Waals surface area contributed by atoms with Crippen LogP contribution in [0.15, 0.2) is 36.7 Å². The van der Waals surface area contributed by atoms with Crippen LogP contribution >= 0.6 is 0 Å². The van der Waals surface area contributed by atoms with Crippen molar-refractivity contribution in [1.82, 2.24) is 9.97 Å². The van der Waals surface area contributed by atoms with Gasteiger partial charge in [0.25, 0.3) is 0 Å². The highest BCUT2D eigenvalue weighted by atomic mass is 19.1. The number of hydrogen-bond donors (Lipinski definition) is 1. The van der Waals surface area contributed by atoms with Crippen molar-refractivity contribution in [3.05, 3.63) is 42.5 Å². The van der Waals surface area contributed by atoms with E-state index in [2.05, 4.69) is 15.3 Å². The molecule has 0 radical (unpaired) electrons. The molecule has 2 aromatic rings. The van der Waals surface area contributed by atoms with E-state index in [0.717, 1.165) is 11.1 Å². The van der Waals surface area contributed by atoms with Gasteiger partial charge in [0, 0.05) is 18.0 Å². The van der Waals surface area contributed by atoms with Gasteiger partial charge in [-0.3, -0.25) is 0 Å². The van der Waals surface area contributed by atoms with Gasteiger partial charge < -0.3 is 5.32 Å². The SMILES string of the molecule is N#CCNc1ncc(-c2cccc(F)c2)cn1. The molecule has 84 valence electrons. The minimum Gasteiger partial charge on any atom is -0.341 e. The minimum absolute atomic E-state index is 0.152. The van der Waals surface area contributed by atoms with Gasteiger partial charge in [0.1, 0.15) is 12.4 Å². The van der Waals surface area contributed by atoms with Crippen molar-refractivity contribution in [1.29, 1.82) is 5.26 Å². The van der Waals surface area contributed by atoms with E-state index < -0.39 is 0 Å². The first kappa shape index (κ1) is 11.0. The molecule has 4 nitrogen and oxygen atoms in total. The first-order chi connectivity index (χ1) is 8.29. The Bertz CT molecular complexity index is 545. The van der Waals surface area contributed by atoms with Crippen LogP contribution in [0, 0.1) is 17.1 Å². The average molecular weight is 228 g/mol. The Hall–Kier alpha value is -2.48. The number of aromatic nitrogens is 2. The second-order valence-electron chi connectivity index (χ2n) is 3.32. The van der Waals surface area contributed by atoms with Gasteiger partial charge in [0.05, 0.1) is 6.07 Å². The zero-order valence-electron chi connectivity index (χ0n) is 8.89. The maximum atomic E-state index is 13.0. The van der Waals surface area contributed by atoms with Crippen LogP contribution in [0.1, 0.15) is 0 Å². The lowest BCUT2D eigenvalue weighted by molar-refractivity contribution is 0.628. The Balaban J connectivity index is 2.21. The van der Waals surface area contributed by atoms with Gasteiger partial charge in [-0.05, 0) is 17.7 Å². The molecule has 0 aliphatic heterocycles. The summed E-state index contributed by atoms with van der Waals surface area (Å²) in [6.45, 7) is 0.152. The fourth-order valence-electron chi connectivity index (χ4n) is 1.36. The van der Waals surface area contributed by atoms with Crippen LogP contribution in [0.4, 0.5) is 10.3 Å². The molecule has 2 rings (SSSR count). The molecule has 17 heavy (non-hydrogen) atoms. The van der Waals surface area contributed by atoms with Gasteiger partial charge in [-0.2, -0.15) is 5.26 Å². The number of hydrogen-bond acceptors (Lipinski definition) is 4. The second-order valence-corrected chi connectivity index (χ2v) is 3.32. The standard InChI is InChI=1S/C12H9FN4/c13-11-3-1-2-9(6-11)10-7-16-12(17-8-10)15-5-4-14/h1-3,6-8H,5H2,(H,15,16,17). The number of anilines is 1. The Kier molecular flexibility index (Phi) is 3.26. The third-order valence-electron chi connectivity index (χ3n) is 2.14. The van der Waals surface area contributed by atoms with Gasteiger partial charge in [-0.1, -0.05) is 12.1 Å². The predicted octanol–water partition coefficient (Wildman–Crippen LogP) is 2.22. The predicted molar refractivity (Wildman–Crippen MR) is 61.5 cm³/mol. The van der Waals surface area contributed by atoms with E-state index in [4.69, 9.17) is 5.26 Å². The zero-order valence-corrected chi connectivity index (χ0v) is 8.89. The van der Waals surface area contributed by atoms with Gasteiger partial charge >= 0.3 is 0 Å². The number of benzene rings is 1. The van der Waals surface area contributed by atoms with E-state index in [1.165, 1.54) is 12.1 Å². The molecule has 0 aliphatic rings. The molecule has 5 heteroatoms. The summed E-state index contributed by atoms with van der Waals surface area (Å²) in [6.07, 6.45) is 3.17. The minimum atomic E-state index is -0.297. The van der Waals surface area contributed by atoms with Crippen molar-refractivity contribution >= 4 is 5.95 Å². The molecule has 0 bridgehead atoms. The number of nitriles is 1. The topological polar surface area (TPSA) is 61.6 Å². The molecule has 1 aromatic heterocycles. The zero-order chi connectivity index (χ0) is 12.1. The summed E-state index contributed by atoms with van der Waals surface area (Å²) in [4.78, 5) is 8.05. The van der Waals surface area contributed by atoms with Gasteiger partial charge in [0.2, 0.25) is 5.95 Å². The van der Waals surface area contributed by atoms with Crippen molar-refractivity contribution in [3.63, 3.8) is 0 Å². The first-order valence-electron chi connectivity index (χ1n) is 4.98. The third kappa shape index (κ3) is 2.75. The monoisotopic (exact) mass is 228 g/mol. The van der Waals surface area contributed by atoms with E-state index in [1.807, 2.05) is 6.07 Å². The summed E-state index contributed by atoms with van der Waals surface area (Å²) in [5, 5.41) is 11.1. The fourth-order valence-corrected chi connectivity index (χ4v) is 1.36. The lowest BCUT2D eigenvalue weighted by atomic mass is 10.1. The Morgan fingerprint density at radius 2 is 2.00 bits per heavy atom. The Morgan fingerprint density at radius 3 is 2.65 bits per heavy atom. The number of nitrogens with zero attached hydrogens (tertiary/aromatic N) is 3. The molecule has 1 N–H and O–H groups in total. The summed E-state index contributed by atoms with van der Waals surface area (Å²) < 4.78 is 13.0. The van der Waals surface area contributed by atoms with Crippen LogP contribution in [-0.2, 0) is 0 Å². The summed E-state index contributed by atoms with van der Waals surface area (Å²) in [7, 11) is 0. The quantitative estimate of drug-likeness (QED) is 0.818. The van der Waals surface area contributed by atoms with E-state index in [9.17, 15) is 4.39 Å². The maximum Gasteiger partial charge on any atom is 0.223 e. The van der Waals surface area contributed by atoms with Gasteiger partial charge in [-0.15, -0.1) is 0 Å². The highest BCUT2D eigenvalue weighted by Gasteiger charge is 2.01. The summed E-state index contributed by atoms with van der Waals surface area (Å²) in [6, 6.07) is 8.14. The van der Waals surface area contributed by atoms with E-state index in [1.54, 1.807) is 24.5 Å². The summed E-state index contributed by atoms with van der Waals surface area (Å²) >= 11 is 0. The van der Waals surface area contributed by atoms with Gasteiger partial charge in [-0.25, -0.2) is 14.4 Å². The Morgan fingerprint density at radius 1 is 1.24 bits per heavy atom. The average Bonchev–Trinajstić information content (AvgIpc) is 2.37.